The third kappa shape index (κ3) is 4.64. The molecule has 0 spiro atoms. The zero-order chi connectivity index (χ0) is 20.8. The summed E-state index contributed by atoms with van der Waals surface area (Å²) in [4.78, 5) is 20.7. The molecule has 1 aliphatic carbocycles. The highest BCUT2D eigenvalue weighted by molar-refractivity contribution is 5.94. The van der Waals surface area contributed by atoms with E-state index in [-0.39, 0.29) is 29.6 Å². The number of carbonyl (C=O) groups is 1. The molecular weight excluding hydrogens is 376 g/mol. The topological polar surface area (TPSA) is 87.9 Å². The quantitative estimate of drug-likeness (QED) is 0.698. The van der Waals surface area contributed by atoms with Crippen molar-refractivity contribution >= 4 is 5.91 Å². The van der Waals surface area contributed by atoms with Crippen LogP contribution in [0.5, 0.6) is 5.88 Å². The fraction of sp³-hybridized carbons (Fsp3) is 0.250. The largest absolute Gasteiger partial charge is 0.472 e. The summed E-state index contributed by atoms with van der Waals surface area (Å²) >= 11 is 0. The number of nitrogens with one attached hydrogen (secondary N) is 1. The minimum absolute atomic E-state index is 0.0212. The maximum atomic E-state index is 12.6. The van der Waals surface area contributed by atoms with E-state index >= 15 is 0 Å². The summed E-state index contributed by atoms with van der Waals surface area (Å²) in [5.41, 5.74) is 3.08. The number of carbonyl (C=O) groups excluding carboxylic acids is 1. The lowest BCUT2D eigenvalue weighted by atomic mass is 9.92. The first-order valence-electron chi connectivity index (χ1n) is 10.1. The van der Waals surface area contributed by atoms with Gasteiger partial charge in [0.05, 0.1) is 0 Å². The molecule has 0 radical (unpaired) electrons. The average molecular weight is 398 g/mol. The van der Waals surface area contributed by atoms with Gasteiger partial charge in [0.15, 0.2) is 0 Å². The Morgan fingerprint density at radius 3 is 2.30 bits per heavy atom. The van der Waals surface area contributed by atoms with Crippen LogP contribution in [0.2, 0.25) is 0 Å². The first kappa shape index (κ1) is 19.6. The van der Waals surface area contributed by atoms with Crippen LogP contribution in [0.25, 0.3) is 11.1 Å². The van der Waals surface area contributed by atoms with Crippen molar-refractivity contribution in [2.75, 3.05) is 0 Å². The predicted octanol–water partition coefficient (Wildman–Crippen LogP) is 4.14. The summed E-state index contributed by atoms with van der Waals surface area (Å²) in [7, 11) is 0. The first-order valence-corrected chi connectivity index (χ1v) is 10.1. The SMILES string of the molecule is N#Cc1nccnc1OC1CCC(NC(=O)c2ccc(-c3ccccc3)cc2)CC1. The molecule has 1 N–H and O–H groups in total. The first-order chi connectivity index (χ1) is 14.7. The van der Waals surface area contributed by atoms with Gasteiger partial charge in [-0.15, -0.1) is 0 Å². The van der Waals surface area contributed by atoms with Crippen molar-refractivity contribution < 1.29 is 9.53 Å². The molecule has 6 heteroatoms. The summed E-state index contributed by atoms with van der Waals surface area (Å²) in [6, 6.07) is 19.9. The normalized spacial score (nSPS) is 18.2. The van der Waals surface area contributed by atoms with Gasteiger partial charge in [0.25, 0.3) is 11.8 Å². The van der Waals surface area contributed by atoms with E-state index in [2.05, 4.69) is 27.4 Å². The second kappa shape index (κ2) is 9.19. The van der Waals surface area contributed by atoms with E-state index in [0.29, 0.717) is 5.56 Å². The van der Waals surface area contributed by atoms with Crippen molar-refractivity contribution in [2.24, 2.45) is 0 Å². The molecule has 1 heterocycles. The van der Waals surface area contributed by atoms with E-state index in [0.717, 1.165) is 36.8 Å². The van der Waals surface area contributed by atoms with Crippen LogP contribution in [0.1, 0.15) is 41.7 Å². The fourth-order valence-electron chi connectivity index (χ4n) is 3.68. The maximum Gasteiger partial charge on any atom is 0.251 e. The molecule has 1 aliphatic rings. The van der Waals surface area contributed by atoms with E-state index in [1.54, 1.807) is 0 Å². The Morgan fingerprint density at radius 1 is 0.933 bits per heavy atom. The van der Waals surface area contributed by atoms with Gasteiger partial charge in [0, 0.05) is 24.0 Å². The number of aromatic nitrogens is 2. The van der Waals surface area contributed by atoms with E-state index in [1.165, 1.54) is 12.4 Å². The molecule has 0 unspecified atom stereocenters. The number of benzene rings is 2. The fourth-order valence-corrected chi connectivity index (χ4v) is 3.68. The molecule has 1 aromatic heterocycles. The van der Waals surface area contributed by atoms with Gasteiger partial charge >= 0.3 is 0 Å². The monoisotopic (exact) mass is 398 g/mol. The van der Waals surface area contributed by atoms with Gasteiger partial charge in [-0.05, 0) is 48.9 Å². The molecule has 1 amide bonds. The number of amides is 1. The van der Waals surface area contributed by atoms with E-state index in [4.69, 9.17) is 10.00 Å². The van der Waals surface area contributed by atoms with Crippen molar-refractivity contribution in [2.45, 2.75) is 37.8 Å². The number of rotatable bonds is 5. The van der Waals surface area contributed by atoms with Gasteiger partial charge in [-0.1, -0.05) is 42.5 Å². The Bertz CT molecular complexity index is 1040. The summed E-state index contributed by atoms with van der Waals surface area (Å²) in [5, 5.41) is 12.2. The van der Waals surface area contributed by atoms with Crippen molar-refractivity contribution in [3.05, 3.63) is 78.2 Å². The number of hydrogen-bond donors (Lipinski definition) is 1. The van der Waals surface area contributed by atoms with Crippen molar-refractivity contribution in [1.29, 1.82) is 5.26 Å². The zero-order valence-corrected chi connectivity index (χ0v) is 16.5. The van der Waals surface area contributed by atoms with E-state index in [1.807, 2.05) is 48.5 Å². The van der Waals surface area contributed by atoms with Crippen LogP contribution in [-0.2, 0) is 0 Å². The summed E-state index contributed by atoms with van der Waals surface area (Å²) in [5.74, 6) is 0.227. The maximum absolute atomic E-state index is 12.6. The Morgan fingerprint density at radius 2 is 1.60 bits per heavy atom. The van der Waals surface area contributed by atoms with Crippen molar-refractivity contribution in [3.8, 4) is 23.1 Å². The van der Waals surface area contributed by atoms with Gasteiger partial charge in [-0.3, -0.25) is 4.79 Å². The van der Waals surface area contributed by atoms with Gasteiger partial charge in [-0.25, -0.2) is 9.97 Å². The van der Waals surface area contributed by atoms with Gasteiger partial charge in [-0.2, -0.15) is 5.26 Å². The average Bonchev–Trinajstić information content (AvgIpc) is 2.81. The third-order valence-electron chi connectivity index (χ3n) is 5.31. The van der Waals surface area contributed by atoms with Crippen LogP contribution in [0, 0.1) is 11.3 Å². The molecule has 1 saturated carbocycles. The molecule has 4 rings (SSSR count). The van der Waals surface area contributed by atoms with Crippen LogP contribution in [0.15, 0.2) is 67.0 Å². The van der Waals surface area contributed by atoms with Crippen molar-refractivity contribution in [1.82, 2.24) is 15.3 Å². The Labute approximate surface area is 175 Å². The smallest absolute Gasteiger partial charge is 0.251 e. The molecule has 0 bridgehead atoms. The molecule has 0 saturated heterocycles. The second-order valence-electron chi connectivity index (χ2n) is 7.33. The second-order valence-corrected chi connectivity index (χ2v) is 7.33. The van der Waals surface area contributed by atoms with Gasteiger partial charge < -0.3 is 10.1 Å². The van der Waals surface area contributed by atoms with Crippen molar-refractivity contribution in [3.63, 3.8) is 0 Å². The van der Waals surface area contributed by atoms with Crippen LogP contribution < -0.4 is 10.1 Å². The zero-order valence-electron chi connectivity index (χ0n) is 16.5. The van der Waals surface area contributed by atoms with Crippen LogP contribution in [0.4, 0.5) is 0 Å². The number of hydrogen-bond acceptors (Lipinski definition) is 5. The Balaban J connectivity index is 1.30. The third-order valence-corrected chi connectivity index (χ3v) is 5.31. The highest BCUT2D eigenvalue weighted by atomic mass is 16.5. The summed E-state index contributed by atoms with van der Waals surface area (Å²) in [6.45, 7) is 0. The summed E-state index contributed by atoms with van der Waals surface area (Å²) < 4.78 is 5.86. The Kier molecular flexibility index (Phi) is 6.00. The molecule has 2 aromatic carbocycles. The predicted molar refractivity (Wildman–Crippen MR) is 113 cm³/mol. The molecule has 30 heavy (non-hydrogen) atoms. The van der Waals surface area contributed by atoms with E-state index in [9.17, 15) is 4.79 Å². The number of ether oxygens (including phenoxy) is 1. The van der Waals surface area contributed by atoms with E-state index < -0.39 is 0 Å². The highest BCUT2D eigenvalue weighted by Crippen LogP contribution is 2.24. The van der Waals surface area contributed by atoms with Gasteiger partial charge in [0.1, 0.15) is 12.2 Å². The minimum atomic E-state index is -0.0559. The lowest BCUT2D eigenvalue weighted by Gasteiger charge is -2.29. The molecular formula is C24H22N4O2. The molecule has 6 nitrogen and oxygen atoms in total. The molecule has 150 valence electrons. The lowest BCUT2D eigenvalue weighted by Crippen LogP contribution is -2.39. The number of nitrogens with zero attached hydrogens (tertiary/aromatic N) is 3. The lowest BCUT2D eigenvalue weighted by molar-refractivity contribution is 0.0889. The molecule has 0 aliphatic heterocycles. The number of nitriles is 1. The highest BCUT2D eigenvalue weighted by Gasteiger charge is 2.25. The standard InChI is InChI=1S/C24H22N4O2/c25-16-22-24(27-15-14-26-22)30-21-12-10-20(11-13-21)28-23(29)19-8-6-18(7-9-19)17-4-2-1-3-5-17/h1-9,14-15,20-21H,10-13H2,(H,28,29). The molecule has 3 aromatic rings. The van der Waals surface area contributed by atoms with Crippen LogP contribution in [0.3, 0.4) is 0 Å². The minimum Gasteiger partial charge on any atom is -0.472 e. The molecule has 1 fully saturated rings. The molecule has 0 atom stereocenters. The van der Waals surface area contributed by atoms with Gasteiger partial charge in [0.2, 0.25) is 5.69 Å². The Hall–Kier alpha value is -3.72. The van der Waals surface area contributed by atoms with Crippen LogP contribution in [-0.4, -0.2) is 28.0 Å². The van der Waals surface area contributed by atoms with Crippen LogP contribution >= 0.6 is 0 Å². The summed E-state index contributed by atoms with van der Waals surface area (Å²) in [6.07, 6.45) is 6.20.